The average Bonchev–Trinajstić information content (AvgIpc) is 3.16. The van der Waals surface area contributed by atoms with Crippen LogP contribution in [0.5, 0.6) is 0 Å². The molecule has 2 aromatic carbocycles. The largest absolute Gasteiger partial charge is 0.363 e. The molecule has 0 atom stereocenters. The number of para-hydroxylation sites is 2. The van der Waals surface area contributed by atoms with Crippen LogP contribution in [0.15, 0.2) is 73.1 Å². The predicted octanol–water partition coefficient (Wildman–Crippen LogP) is 4.26. The number of H-pyrrole nitrogens is 1. The van der Waals surface area contributed by atoms with E-state index >= 15 is 0 Å². The van der Waals surface area contributed by atoms with Gasteiger partial charge in [-0.2, -0.15) is 4.98 Å². The zero-order chi connectivity index (χ0) is 18.8. The summed E-state index contributed by atoms with van der Waals surface area (Å²) in [5.74, 6) is 2.11. The van der Waals surface area contributed by atoms with Crippen LogP contribution in [0.2, 0.25) is 0 Å². The number of imidazole rings is 1. The molecule has 3 heterocycles. The smallest absolute Gasteiger partial charge is 0.229 e. The summed E-state index contributed by atoms with van der Waals surface area (Å²) in [4.78, 5) is 21.0. The first-order valence-electron chi connectivity index (χ1n) is 8.96. The first-order valence-corrected chi connectivity index (χ1v) is 8.96. The van der Waals surface area contributed by atoms with Crippen molar-refractivity contribution < 1.29 is 0 Å². The van der Waals surface area contributed by atoms with E-state index in [0.717, 1.165) is 39.3 Å². The lowest BCUT2D eigenvalue weighted by Crippen LogP contribution is -2.05. The third-order valence-electron chi connectivity index (χ3n) is 4.39. The SMILES string of the molecule is c1cnc2ccc(Nc3nccc(NCc4nc5ccccc5[nH]4)n3)cc2c1. The molecule has 0 amide bonds. The number of aromatic amines is 1. The minimum atomic E-state index is 0.526. The number of rotatable bonds is 5. The molecule has 3 N–H and O–H groups in total. The first kappa shape index (κ1) is 16.2. The Hall–Kier alpha value is -4.00. The number of nitrogens with zero attached hydrogens (tertiary/aromatic N) is 4. The third kappa shape index (κ3) is 3.33. The number of benzene rings is 2. The third-order valence-corrected chi connectivity index (χ3v) is 4.39. The van der Waals surface area contributed by atoms with E-state index < -0.39 is 0 Å². The molecular weight excluding hydrogens is 350 g/mol. The van der Waals surface area contributed by atoms with Crippen LogP contribution >= 0.6 is 0 Å². The Labute approximate surface area is 160 Å². The van der Waals surface area contributed by atoms with Crippen LogP contribution in [0.4, 0.5) is 17.5 Å². The molecule has 0 saturated heterocycles. The molecule has 0 saturated carbocycles. The van der Waals surface area contributed by atoms with E-state index in [0.29, 0.717) is 12.5 Å². The van der Waals surface area contributed by atoms with Crippen molar-refractivity contribution in [3.05, 3.63) is 78.9 Å². The van der Waals surface area contributed by atoms with Gasteiger partial charge in [0.15, 0.2) is 0 Å². The van der Waals surface area contributed by atoms with E-state index in [2.05, 4.69) is 35.6 Å². The van der Waals surface area contributed by atoms with Crippen LogP contribution in [0.3, 0.4) is 0 Å². The molecule has 0 fully saturated rings. The summed E-state index contributed by atoms with van der Waals surface area (Å²) in [6, 6.07) is 19.7. The number of nitrogens with one attached hydrogen (secondary N) is 3. The average molecular weight is 367 g/mol. The van der Waals surface area contributed by atoms with Crippen molar-refractivity contribution in [2.45, 2.75) is 6.54 Å². The summed E-state index contributed by atoms with van der Waals surface area (Å²) >= 11 is 0. The first-order chi connectivity index (χ1) is 13.8. The highest BCUT2D eigenvalue weighted by Crippen LogP contribution is 2.20. The fourth-order valence-corrected chi connectivity index (χ4v) is 3.06. The minimum absolute atomic E-state index is 0.526. The molecule has 0 unspecified atom stereocenters. The van der Waals surface area contributed by atoms with Gasteiger partial charge in [-0.05, 0) is 42.5 Å². The Morgan fingerprint density at radius 2 is 1.79 bits per heavy atom. The quantitative estimate of drug-likeness (QED) is 0.430. The lowest BCUT2D eigenvalue weighted by atomic mass is 10.2. The van der Waals surface area contributed by atoms with E-state index in [9.17, 15) is 0 Å². The van der Waals surface area contributed by atoms with Gasteiger partial charge in [0.2, 0.25) is 5.95 Å². The van der Waals surface area contributed by atoms with Crippen molar-refractivity contribution in [1.29, 1.82) is 0 Å². The molecule has 5 aromatic rings. The van der Waals surface area contributed by atoms with E-state index in [1.165, 1.54) is 0 Å². The molecule has 0 aliphatic carbocycles. The van der Waals surface area contributed by atoms with Crippen molar-refractivity contribution in [3.63, 3.8) is 0 Å². The summed E-state index contributed by atoms with van der Waals surface area (Å²) in [5, 5.41) is 7.59. The maximum Gasteiger partial charge on any atom is 0.229 e. The van der Waals surface area contributed by atoms with Crippen LogP contribution in [0, 0.1) is 0 Å². The summed E-state index contributed by atoms with van der Waals surface area (Å²) < 4.78 is 0. The standard InChI is InChI=1S/C21H17N7/c1-2-6-18-17(5-1)26-20(27-18)13-24-19-9-11-23-21(28-19)25-15-7-8-16-14(12-15)4-3-10-22-16/h1-12H,13H2,(H,26,27)(H2,23,24,25,28). The Morgan fingerprint density at radius 3 is 2.75 bits per heavy atom. The number of anilines is 3. The number of fused-ring (bicyclic) bond motifs is 2. The maximum atomic E-state index is 4.56. The van der Waals surface area contributed by atoms with Gasteiger partial charge in [-0.3, -0.25) is 4.98 Å². The topological polar surface area (TPSA) is 91.4 Å². The molecule has 28 heavy (non-hydrogen) atoms. The second kappa shape index (κ2) is 6.96. The molecule has 7 nitrogen and oxygen atoms in total. The highest BCUT2D eigenvalue weighted by Gasteiger charge is 2.04. The summed E-state index contributed by atoms with van der Waals surface area (Å²) in [6.07, 6.45) is 3.51. The van der Waals surface area contributed by atoms with E-state index in [-0.39, 0.29) is 0 Å². The van der Waals surface area contributed by atoms with Gasteiger partial charge in [0.25, 0.3) is 0 Å². The number of hydrogen-bond acceptors (Lipinski definition) is 6. The van der Waals surface area contributed by atoms with Crippen LogP contribution in [0.25, 0.3) is 21.9 Å². The molecular formula is C21H17N7. The lowest BCUT2D eigenvalue weighted by Gasteiger charge is -2.08. The second-order valence-corrected chi connectivity index (χ2v) is 6.36. The number of hydrogen-bond donors (Lipinski definition) is 3. The number of pyridine rings is 1. The highest BCUT2D eigenvalue weighted by molar-refractivity contribution is 5.82. The van der Waals surface area contributed by atoms with Gasteiger partial charge in [0, 0.05) is 23.5 Å². The van der Waals surface area contributed by atoms with Gasteiger partial charge >= 0.3 is 0 Å². The van der Waals surface area contributed by atoms with Gasteiger partial charge in [-0.1, -0.05) is 18.2 Å². The van der Waals surface area contributed by atoms with Gasteiger partial charge in [0.05, 0.1) is 23.1 Å². The van der Waals surface area contributed by atoms with Crippen LogP contribution < -0.4 is 10.6 Å². The van der Waals surface area contributed by atoms with Crippen molar-refractivity contribution in [2.75, 3.05) is 10.6 Å². The Morgan fingerprint density at radius 1 is 0.821 bits per heavy atom. The minimum Gasteiger partial charge on any atom is -0.363 e. The molecule has 136 valence electrons. The van der Waals surface area contributed by atoms with Crippen LogP contribution in [-0.2, 0) is 6.54 Å². The monoisotopic (exact) mass is 367 g/mol. The Balaban J connectivity index is 1.31. The normalized spacial score (nSPS) is 11.0. The molecule has 7 heteroatoms. The lowest BCUT2D eigenvalue weighted by molar-refractivity contribution is 0.992. The van der Waals surface area contributed by atoms with E-state index in [1.54, 1.807) is 12.4 Å². The van der Waals surface area contributed by atoms with Crippen molar-refractivity contribution >= 4 is 39.4 Å². The zero-order valence-electron chi connectivity index (χ0n) is 14.9. The molecule has 5 rings (SSSR count). The number of aromatic nitrogens is 5. The van der Waals surface area contributed by atoms with Crippen LogP contribution in [0.1, 0.15) is 5.82 Å². The fourth-order valence-electron chi connectivity index (χ4n) is 3.06. The molecule has 0 aliphatic heterocycles. The molecule has 0 spiro atoms. The van der Waals surface area contributed by atoms with Gasteiger partial charge in [0.1, 0.15) is 11.6 Å². The van der Waals surface area contributed by atoms with E-state index in [1.807, 2.05) is 60.7 Å². The van der Waals surface area contributed by atoms with Crippen molar-refractivity contribution in [1.82, 2.24) is 24.9 Å². The van der Waals surface area contributed by atoms with Gasteiger partial charge in [-0.25, -0.2) is 9.97 Å². The molecule has 3 aromatic heterocycles. The highest BCUT2D eigenvalue weighted by atomic mass is 15.1. The van der Waals surface area contributed by atoms with Gasteiger partial charge in [-0.15, -0.1) is 0 Å². The zero-order valence-corrected chi connectivity index (χ0v) is 14.9. The van der Waals surface area contributed by atoms with E-state index in [4.69, 9.17) is 0 Å². The molecule has 0 bridgehead atoms. The van der Waals surface area contributed by atoms with Crippen molar-refractivity contribution in [2.24, 2.45) is 0 Å². The predicted molar refractivity (Wildman–Crippen MR) is 110 cm³/mol. The second-order valence-electron chi connectivity index (χ2n) is 6.36. The summed E-state index contributed by atoms with van der Waals surface area (Å²) in [6.45, 7) is 0.548. The summed E-state index contributed by atoms with van der Waals surface area (Å²) in [7, 11) is 0. The van der Waals surface area contributed by atoms with Crippen LogP contribution in [-0.4, -0.2) is 24.9 Å². The fraction of sp³-hybridized carbons (Fsp3) is 0.0476. The maximum absolute atomic E-state index is 4.56. The van der Waals surface area contributed by atoms with Gasteiger partial charge < -0.3 is 15.6 Å². The van der Waals surface area contributed by atoms with Crippen molar-refractivity contribution in [3.8, 4) is 0 Å². The summed E-state index contributed by atoms with van der Waals surface area (Å²) in [5.41, 5.74) is 3.84. The molecule has 0 radical (unpaired) electrons. The molecule has 0 aliphatic rings. The Kier molecular flexibility index (Phi) is 4.02. The Bertz CT molecular complexity index is 1230.